The molecule has 0 aliphatic carbocycles. The second-order valence-corrected chi connectivity index (χ2v) is 6.96. The van der Waals surface area contributed by atoms with E-state index in [9.17, 15) is 4.79 Å². The summed E-state index contributed by atoms with van der Waals surface area (Å²) in [6.45, 7) is 5.78. The summed E-state index contributed by atoms with van der Waals surface area (Å²) in [6.07, 6.45) is 4.43. The van der Waals surface area contributed by atoms with Gasteiger partial charge < -0.3 is 19.1 Å². The highest BCUT2D eigenvalue weighted by Gasteiger charge is 2.29. The Balaban J connectivity index is 1.41. The van der Waals surface area contributed by atoms with E-state index in [0.29, 0.717) is 17.4 Å². The first-order valence-electron chi connectivity index (χ1n) is 9.32. The molecule has 6 nitrogen and oxygen atoms in total. The Labute approximate surface area is 148 Å². The van der Waals surface area contributed by atoms with Crippen LogP contribution >= 0.6 is 0 Å². The molecule has 2 saturated heterocycles. The zero-order valence-corrected chi connectivity index (χ0v) is 14.6. The van der Waals surface area contributed by atoms with Gasteiger partial charge in [-0.3, -0.25) is 9.69 Å². The van der Waals surface area contributed by atoms with Gasteiger partial charge in [-0.1, -0.05) is 0 Å². The standard InChI is InChI=1S/C19H26N2O4/c22-19(15-4-5-17-18(13-15)25-14-24-17)21-7-2-1-3-16(21)6-8-20-9-11-23-12-10-20/h4-5,13,16H,1-3,6-12,14H2/t16-/m1/s1. The van der Waals surface area contributed by atoms with Crippen molar-refractivity contribution in [1.29, 1.82) is 0 Å². The van der Waals surface area contributed by atoms with Crippen molar-refractivity contribution in [1.82, 2.24) is 9.80 Å². The molecule has 3 aliphatic rings. The van der Waals surface area contributed by atoms with Crippen molar-refractivity contribution in [2.75, 3.05) is 46.2 Å². The first kappa shape index (κ1) is 16.7. The van der Waals surface area contributed by atoms with Crippen molar-refractivity contribution in [3.8, 4) is 11.5 Å². The van der Waals surface area contributed by atoms with Crippen LogP contribution in [0.5, 0.6) is 11.5 Å². The van der Waals surface area contributed by atoms with Crippen molar-refractivity contribution < 1.29 is 19.0 Å². The Bertz CT molecular complexity index is 615. The molecule has 0 bridgehead atoms. The fourth-order valence-corrected chi connectivity index (χ4v) is 3.92. The van der Waals surface area contributed by atoms with Crippen LogP contribution in [0.2, 0.25) is 0 Å². The van der Waals surface area contributed by atoms with E-state index in [1.165, 1.54) is 6.42 Å². The third-order valence-electron chi connectivity index (χ3n) is 5.39. The van der Waals surface area contributed by atoms with Crippen molar-refractivity contribution in [3.63, 3.8) is 0 Å². The molecular weight excluding hydrogens is 320 g/mol. The Hall–Kier alpha value is -1.79. The lowest BCUT2D eigenvalue weighted by Crippen LogP contribution is -2.46. The summed E-state index contributed by atoms with van der Waals surface area (Å²) in [5.74, 6) is 1.51. The molecule has 2 fully saturated rings. The number of ether oxygens (including phenoxy) is 3. The Morgan fingerprint density at radius 2 is 1.92 bits per heavy atom. The molecule has 0 spiro atoms. The Morgan fingerprint density at radius 1 is 1.08 bits per heavy atom. The molecule has 25 heavy (non-hydrogen) atoms. The van der Waals surface area contributed by atoms with Crippen LogP contribution in [0, 0.1) is 0 Å². The average Bonchev–Trinajstić information content (AvgIpc) is 3.14. The van der Waals surface area contributed by atoms with Gasteiger partial charge in [0.1, 0.15) is 0 Å². The van der Waals surface area contributed by atoms with E-state index in [-0.39, 0.29) is 12.7 Å². The van der Waals surface area contributed by atoms with Crippen molar-refractivity contribution in [2.24, 2.45) is 0 Å². The molecule has 1 aromatic rings. The topological polar surface area (TPSA) is 51.2 Å². The molecule has 3 aliphatic heterocycles. The zero-order chi connectivity index (χ0) is 17.1. The lowest BCUT2D eigenvalue weighted by Gasteiger charge is -2.37. The average molecular weight is 346 g/mol. The Morgan fingerprint density at radius 3 is 2.80 bits per heavy atom. The van der Waals surface area contributed by atoms with Crippen LogP contribution < -0.4 is 9.47 Å². The van der Waals surface area contributed by atoms with Crippen LogP contribution in [0.25, 0.3) is 0 Å². The number of hydrogen-bond donors (Lipinski definition) is 0. The molecule has 1 aromatic carbocycles. The van der Waals surface area contributed by atoms with Crippen LogP contribution in [0.3, 0.4) is 0 Å². The van der Waals surface area contributed by atoms with E-state index in [4.69, 9.17) is 14.2 Å². The molecule has 1 atom stereocenters. The van der Waals surface area contributed by atoms with Crippen LogP contribution in [0.15, 0.2) is 18.2 Å². The summed E-state index contributed by atoms with van der Waals surface area (Å²) < 4.78 is 16.2. The number of morpholine rings is 1. The molecule has 0 N–H and O–H groups in total. The molecule has 0 aromatic heterocycles. The van der Waals surface area contributed by atoms with Gasteiger partial charge in [0.15, 0.2) is 11.5 Å². The second kappa shape index (κ2) is 7.62. The lowest BCUT2D eigenvalue weighted by molar-refractivity contribution is 0.0295. The van der Waals surface area contributed by atoms with E-state index in [1.54, 1.807) is 0 Å². The van der Waals surface area contributed by atoms with Crippen molar-refractivity contribution >= 4 is 5.91 Å². The number of piperidine rings is 1. The van der Waals surface area contributed by atoms with Gasteiger partial charge in [-0.25, -0.2) is 0 Å². The zero-order valence-electron chi connectivity index (χ0n) is 14.6. The van der Waals surface area contributed by atoms with Gasteiger partial charge in [0.05, 0.1) is 13.2 Å². The summed E-state index contributed by atoms with van der Waals surface area (Å²) in [5.41, 5.74) is 0.697. The number of amides is 1. The summed E-state index contributed by atoms with van der Waals surface area (Å²) >= 11 is 0. The number of benzene rings is 1. The number of likely N-dealkylation sites (tertiary alicyclic amines) is 1. The van der Waals surface area contributed by atoms with Gasteiger partial charge in [-0.05, 0) is 43.9 Å². The molecule has 136 valence electrons. The molecule has 6 heteroatoms. The normalized spacial score (nSPS) is 23.7. The first-order chi connectivity index (χ1) is 12.3. The highest BCUT2D eigenvalue weighted by molar-refractivity contribution is 5.95. The van der Waals surface area contributed by atoms with Gasteiger partial charge >= 0.3 is 0 Å². The molecule has 0 saturated carbocycles. The van der Waals surface area contributed by atoms with E-state index >= 15 is 0 Å². The Kier molecular flexibility index (Phi) is 5.08. The van der Waals surface area contributed by atoms with Gasteiger partial charge in [0.2, 0.25) is 6.79 Å². The SMILES string of the molecule is O=C(c1ccc2c(c1)OCO2)N1CCCC[C@@H]1CCN1CCOCC1. The van der Waals surface area contributed by atoms with Gasteiger partial charge in [-0.15, -0.1) is 0 Å². The smallest absolute Gasteiger partial charge is 0.254 e. The predicted molar refractivity (Wildman–Crippen MR) is 93.1 cm³/mol. The van der Waals surface area contributed by atoms with E-state index in [1.807, 2.05) is 18.2 Å². The van der Waals surface area contributed by atoms with Crippen LogP contribution in [-0.4, -0.2) is 67.9 Å². The number of carbonyl (C=O) groups is 1. The summed E-state index contributed by atoms with van der Waals surface area (Å²) in [6, 6.07) is 5.83. The fourth-order valence-electron chi connectivity index (χ4n) is 3.92. The molecule has 3 heterocycles. The number of fused-ring (bicyclic) bond motifs is 1. The van der Waals surface area contributed by atoms with Gasteiger partial charge in [0, 0.05) is 37.8 Å². The minimum absolute atomic E-state index is 0.116. The summed E-state index contributed by atoms with van der Waals surface area (Å²) in [5, 5.41) is 0. The van der Waals surface area contributed by atoms with E-state index < -0.39 is 0 Å². The van der Waals surface area contributed by atoms with Gasteiger partial charge in [0.25, 0.3) is 5.91 Å². The number of nitrogens with zero attached hydrogens (tertiary/aromatic N) is 2. The molecule has 1 amide bonds. The maximum atomic E-state index is 13.1. The predicted octanol–water partition coefficient (Wildman–Crippen LogP) is 2.13. The molecule has 0 unspecified atom stereocenters. The monoisotopic (exact) mass is 346 g/mol. The molecule has 0 radical (unpaired) electrons. The van der Waals surface area contributed by atoms with E-state index in [0.717, 1.165) is 64.4 Å². The minimum Gasteiger partial charge on any atom is -0.454 e. The van der Waals surface area contributed by atoms with Crippen molar-refractivity contribution in [3.05, 3.63) is 23.8 Å². The highest BCUT2D eigenvalue weighted by atomic mass is 16.7. The van der Waals surface area contributed by atoms with Crippen LogP contribution in [0.4, 0.5) is 0 Å². The van der Waals surface area contributed by atoms with E-state index in [2.05, 4.69) is 9.80 Å². The number of rotatable bonds is 4. The maximum Gasteiger partial charge on any atom is 0.254 e. The van der Waals surface area contributed by atoms with Crippen molar-refractivity contribution in [2.45, 2.75) is 31.7 Å². The number of carbonyl (C=O) groups excluding carboxylic acids is 1. The molecular formula is C19H26N2O4. The first-order valence-corrected chi connectivity index (χ1v) is 9.32. The fraction of sp³-hybridized carbons (Fsp3) is 0.632. The number of hydrogen-bond acceptors (Lipinski definition) is 5. The minimum atomic E-state index is 0.116. The maximum absolute atomic E-state index is 13.1. The van der Waals surface area contributed by atoms with Crippen LogP contribution in [0.1, 0.15) is 36.0 Å². The molecule has 4 rings (SSSR count). The lowest BCUT2D eigenvalue weighted by atomic mass is 9.97. The van der Waals surface area contributed by atoms with Crippen LogP contribution in [-0.2, 0) is 4.74 Å². The largest absolute Gasteiger partial charge is 0.454 e. The quantitative estimate of drug-likeness (QED) is 0.836. The van der Waals surface area contributed by atoms with Gasteiger partial charge in [-0.2, -0.15) is 0 Å². The second-order valence-electron chi connectivity index (χ2n) is 6.96. The third kappa shape index (κ3) is 3.75. The summed E-state index contributed by atoms with van der Waals surface area (Å²) in [7, 11) is 0. The highest BCUT2D eigenvalue weighted by Crippen LogP contribution is 2.33. The third-order valence-corrected chi connectivity index (χ3v) is 5.39. The summed E-state index contributed by atoms with van der Waals surface area (Å²) in [4.78, 5) is 17.6.